The largest absolute Gasteiger partial charge is 0.378 e. The van der Waals surface area contributed by atoms with Crippen LogP contribution in [0.3, 0.4) is 0 Å². The second-order valence-corrected chi connectivity index (χ2v) is 8.93. The maximum Gasteiger partial charge on any atom is 0.340 e. The van der Waals surface area contributed by atoms with Crippen molar-refractivity contribution in [2.24, 2.45) is 0 Å². The molecule has 0 fully saturated rings. The third-order valence-corrected chi connectivity index (χ3v) is 6.45. The van der Waals surface area contributed by atoms with E-state index in [4.69, 9.17) is 8.74 Å². The number of halogens is 1. The predicted octanol–water partition coefficient (Wildman–Crippen LogP) is 2.92. The van der Waals surface area contributed by atoms with Crippen molar-refractivity contribution in [3.63, 3.8) is 0 Å². The fourth-order valence-corrected chi connectivity index (χ4v) is 4.97. The zero-order valence-electron chi connectivity index (χ0n) is 12.1. The third kappa shape index (κ3) is 4.03. The lowest BCUT2D eigenvalue weighted by atomic mass is 10.1. The van der Waals surface area contributed by atoms with E-state index < -0.39 is 20.2 Å². The van der Waals surface area contributed by atoms with Crippen LogP contribution in [-0.4, -0.2) is 21.4 Å². The Kier molecular flexibility index (Phi) is 5.04. The molecule has 124 valence electrons. The molecule has 2 aromatic rings. The zero-order chi connectivity index (χ0) is 17.4. The van der Waals surface area contributed by atoms with Gasteiger partial charge in [0.2, 0.25) is 0 Å². The van der Waals surface area contributed by atoms with Crippen LogP contribution in [0.4, 0.5) is 0 Å². The van der Waals surface area contributed by atoms with E-state index in [1.807, 2.05) is 22.6 Å². The van der Waals surface area contributed by atoms with E-state index in [1.54, 1.807) is 18.2 Å². The lowest BCUT2D eigenvalue weighted by Crippen LogP contribution is -2.13. The summed E-state index contributed by atoms with van der Waals surface area (Å²) in [5.74, 6) is 0.0389. The predicted molar refractivity (Wildman–Crippen MR) is 92.7 cm³/mol. The van der Waals surface area contributed by atoms with Gasteiger partial charge in [0.25, 0.3) is 10.1 Å². The van der Waals surface area contributed by atoms with Crippen molar-refractivity contribution in [2.45, 2.75) is 23.6 Å². The molecule has 0 aliphatic carbocycles. The Bertz CT molecular complexity index is 942. The summed E-state index contributed by atoms with van der Waals surface area (Å²) in [6.07, 6.45) is 0. The van der Waals surface area contributed by atoms with Crippen LogP contribution in [0.1, 0.15) is 11.1 Å². The van der Waals surface area contributed by atoms with E-state index in [2.05, 4.69) is 0 Å². The Morgan fingerprint density at radius 3 is 2.00 bits per heavy atom. The van der Waals surface area contributed by atoms with Gasteiger partial charge in [-0.05, 0) is 71.8 Å². The highest BCUT2D eigenvalue weighted by molar-refractivity contribution is 14.1. The molecule has 0 saturated carbocycles. The summed E-state index contributed by atoms with van der Waals surface area (Å²) in [6.45, 7) is 3.00. The lowest BCUT2D eigenvalue weighted by molar-refractivity contribution is 0.479. The molecule has 0 aromatic heterocycles. The first-order valence-electron chi connectivity index (χ1n) is 6.30. The summed E-state index contributed by atoms with van der Waals surface area (Å²) >= 11 is 1.89. The molecule has 0 amide bonds. The molecular weight excluding hydrogens is 455 g/mol. The number of hydrogen-bond acceptors (Lipinski definition) is 5. The van der Waals surface area contributed by atoms with E-state index in [-0.39, 0.29) is 26.7 Å². The molecule has 0 atom stereocenters. The first-order valence-corrected chi connectivity index (χ1v) is 10.2. The number of rotatable bonds is 4. The summed E-state index contributed by atoms with van der Waals surface area (Å²) in [5.41, 5.74) is 0.569. The van der Waals surface area contributed by atoms with Gasteiger partial charge in [0.15, 0.2) is 0 Å². The number of hydrogen-bond donors (Lipinski definition) is 1. The van der Waals surface area contributed by atoms with Gasteiger partial charge in [-0.3, -0.25) is 4.55 Å². The van der Waals surface area contributed by atoms with E-state index in [0.717, 1.165) is 12.1 Å². The second-order valence-electron chi connectivity index (χ2n) is 4.83. The average molecular weight is 468 g/mol. The summed E-state index contributed by atoms with van der Waals surface area (Å²) in [6, 6.07) is 8.66. The fourth-order valence-electron chi connectivity index (χ4n) is 1.99. The third-order valence-electron chi connectivity index (χ3n) is 3.03. The Hall–Kier alpha value is -1.17. The smallest absolute Gasteiger partial charge is 0.340 e. The van der Waals surface area contributed by atoms with Gasteiger partial charge in [0, 0.05) is 3.57 Å². The molecule has 0 saturated heterocycles. The highest BCUT2D eigenvalue weighted by Crippen LogP contribution is 2.30. The lowest BCUT2D eigenvalue weighted by Gasteiger charge is -2.14. The molecule has 1 N–H and O–H groups in total. The molecule has 0 heterocycles. The molecule has 0 radical (unpaired) electrons. The molecule has 6 nitrogen and oxygen atoms in total. The summed E-state index contributed by atoms with van der Waals surface area (Å²) < 4.78 is 62.0. The summed E-state index contributed by atoms with van der Waals surface area (Å²) in [7, 11) is -8.43. The molecule has 9 heteroatoms. The van der Waals surface area contributed by atoms with Gasteiger partial charge in [-0.1, -0.05) is 12.1 Å². The van der Waals surface area contributed by atoms with Crippen LogP contribution in [-0.2, 0) is 20.2 Å². The van der Waals surface area contributed by atoms with Crippen molar-refractivity contribution in [1.82, 2.24) is 0 Å². The standard InChI is InChI=1S/C14H13IO6S2/c1-9-7-11(22(16,17)18)8-10(2)14(9)21-23(19,20)13-6-4-3-5-12(13)15/h3-8H,1-2H3,(H,16,17,18). The minimum atomic E-state index is -4.37. The summed E-state index contributed by atoms with van der Waals surface area (Å²) in [5, 5.41) is 0. The molecule has 2 aromatic carbocycles. The van der Waals surface area contributed by atoms with E-state index in [1.165, 1.54) is 19.9 Å². The first kappa shape index (κ1) is 18.2. The normalized spacial score (nSPS) is 12.2. The van der Waals surface area contributed by atoms with Crippen molar-refractivity contribution < 1.29 is 25.6 Å². The molecule has 0 bridgehead atoms. The van der Waals surface area contributed by atoms with Crippen molar-refractivity contribution in [3.8, 4) is 5.75 Å². The molecular formula is C14H13IO6S2. The quantitative estimate of drug-likeness (QED) is 0.421. The summed E-state index contributed by atoms with van der Waals surface area (Å²) in [4.78, 5) is -0.287. The van der Waals surface area contributed by atoms with Crippen LogP contribution in [0.25, 0.3) is 0 Å². The van der Waals surface area contributed by atoms with Gasteiger partial charge < -0.3 is 4.18 Å². The SMILES string of the molecule is Cc1cc(S(=O)(=O)O)cc(C)c1OS(=O)(=O)c1ccccc1I. The van der Waals surface area contributed by atoms with E-state index >= 15 is 0 Å². The Balaban J connectivity index is 2.51. The zero-order valence-corrected chi connectivity index (χ0v) is 15.9. The Labute approximate surface area is 148 Å². The minimum Gasteiger partial charge on any atom is -0.378 e. The van der Waals surface area contributed by atoms with Crippen molar-refractivity contribution >= 4 is 42.8 Å². The van der Waals surface area contributed by atoms with Crippen molar-refractivity contribution in [3.05, 3.63) is 51.1 Å². The van der Waals surface area contributed by atoms with E-state index in [0.29, 0.717) is 3.57 Å². The minimum absolute atomic E-state index is 0.0262. The molecule has 23 heavy (non-hydrogen) atoms. The first-order chi connectivity index (χ1) is 10.5. The monoisotopic (exact) mass is 468 g/mol. The molecule has 0 unspecified atom stereocenters. The molecule has 2 rings (SSSR count). The van der Waals surface area contributed by atoms with Crippen LogP contribution >= 0.6 is 22.6 Å². The van der Waals surface area contributed by atoms with Gasteiger partial charge >= 0.3 is 10.1 Å². The van der Waals surface area contributed by atoms with Gasteiger partial charge in [0.05, 0.1) is 4.90 Å². The molecule has 0 aliphatic heterocycles. The van der Waals surface area contributed by atoms with Gasteiger partial charge in [0.1, 0.15) is 10.6 Å². The number of benzene rings is 2. The highest BCUT2D eigenvalue weighted by Gasteiger charge is 2.23. The van der Waals surface area contributed by atoms with Crippen LogP contribution in [0.2, 0.25) is 0 Å². The average Bonchev–Trinajstić information content (AvgIpc) is 2.42. The highest BCUT2D eigenvalue weighted by atomic mass is 127. The number of aryl methyl sites for hydroxylation is 2. The molecule has 0 aliphatic rings. The van der Waals surface area contributed by atoms with Crippen LogP contribution in [0.15, 0.2) is 46.2 Å². The van der Waals surface area contributed by atoms with Crippen LogP contribution in [0.5, 0.6) is 5.75 Å². The molecule has 0 spiro atoms. The topological polar surface area (TPSA) is 97.7 Å². The second kappa shape index (κ2) is 6.38. The van der Waals surface area contributed by atoms with Crippen molar-refractivity contribution in [2.75, 3.05) is 0 Å². The van der Waals surface area contributed by atoms with E-state index in [9.17, 15) is 16.8 Å². The van der Waals surface area contributed by atoms with Crippen molar-refractivity contribution in [1.29, 1.82) is 0 Å². The Morgan fingerprint density at radius 1 is 1.00 bits per heavy atom. The maximum absolute atomic E-state index is 12.4. The fraction of sp³-hybridized carbons (Fsp3) is 0.143. The maximum atomic E-state index is 12.4. The van der Waals surface area contributed by atoms with Gasteiger partial charge in [-0.25, -0.2) is 0 Å². The van der Waals surface area contributed by atoms with Gasteiger partial charge in [-0.15, -0.1) is 0 Å². The van der Waals surface area contributed by atoms with Gasteiger partial charge in [-0.2, -0.15) is 16.8 Å². The Morgan fingerprint density at radius 2 is 1.52 bits per heavy atom. The van der Waals surface area contributed by atoms with Crippen LogP contribution < -0.4 is 4.18 Å². The van der Waals surface area contributed by atoms with Crippen LogP contribution in [0, 0.1) is 17.4 Å².